The van der Waals surface area contributed by atoms with E-state index in [1.54, 1.807) is 0 Å². The average molecular weight is 533 g/mol. The molecule has 0 unspecified atom stereocenters. The van der Waals surface area contributed by atoms with Gasteiger partial charge in [-0.25, -0.2) is 0 Å². The molecule has 0 spiro atoms. The van der Waals surface area contributed by atoms with Gasteiger partial charge in [-0.05, 0) is 67.5 Å². The molecule has 2 aromatic carbocycles. The van der Waals surface area contributed by atoms with E-state index in [0.29, 0.717) is 6.04 Å². The molecule has 0 atom stereocenters. The van der Waals surface area contributed by atoms with Gasteiger partial charge in [0.25, 0.3) is 5.91 Å². The quantitative estimate of drug-likeness (QED) is 0.476. The summed E-state index contributed by atoms with van der Waals surface area (Å²) in [5.41, 5.74) is -1.05. The lowest BCUT2D eigenvalue weighted by molar-refractivity contribution is -0.137. The zero-order valence-corrected chi connectivity index (χ0v) is 20.8. The van der Waals surface area contributed by atoms with Crippen LogP contribution in [0.2, 0.25) is 0 Å². The molecular weight excluding hydrogens is 505 g/mol. The number of aromatic nitrogens is 1. The van der Waals surface area contributed by atoms with Gasteiger partial charge in [0, 0.05) is 24.7 Å². The Balaban J connectivity index is 1.01. The number of alkyl halides is 3. The summed E-state index contributed by atoms with van der Waals surface area (Å²) < 4.78 is 50.3. The van der Waals surface area contributed by atoms with Crippen molar-refractivity contribution in [3.05, 3.63) is 59.7 Å². The number of hydrogen-bond donors (Lipinski definition) is 2. The van der Waals surface area contributed by atoms with Crippen LogP contribution in [-0.2, 0) is 11.0 Å². The van der Waals surface area contributed by atoms with Gasteiger partial charge in [0.2, 0.25) is 11.8 Å². The first-order valence-corrected chi connectivity index (χ1v) is 13.0. The highest BCUT2D eigenvalue weighted by Gasteiger charge is 2.36. The second kappa shape index (κ2) is 10.7. The topological polar surface area (TPSA) is 83.6 Å². The van der Waals surface area contributed by atoms with Crippen molar-refractivity contribution in [3.8, 4) is 5.88 Å². The van der Waals surface area contributed by atoms with Crippen molar-refractivity contribution in [2.45, 2.75) is 50.0 Å². The van der Waals surface area contributed by atoms with Crippen LogP contribution in [0, 0.1) is 0 Å². The van der Waals surface area contributed by atoms with E-state index < -0.39 is 17.6 Å². The molecule has 3 aromatic rings. The number of benzene rings is 2. The molecule has 1 saturated carbocycles. The van der Waals surface area contributed by atoms with E-state index in [0.717, 1.165) is 66.9 Å². The lowest BCUT2D eigenvalue weighted by atomic mass is 9.89. The van der Waals surface area contributed by atoms with E-state index in [-0.39, 0.29) is 30.2 Å². The van der Waals surface area contributed by atoms with Crippen molar-refractivity contribution in [3.63, 3.8) is 0 Å². The summed E-state index contributed by atoms with van der Waals surface area (Å²) in [4.78, 5) is 26.7. The first kappa shape index (κ1) is 25.5. The Morgan fingerprint density at radius 3 is 2.57 bits per heavy atom. The van der Waals surface area contributed by atoms with Crippen LogP contribution in [0.15, 0.2) is 48.5 Å². The average Bonchev–Trinajstić information content (AvgIpc) is 3.27. The molecule has 2 heterocycles. The number of rotatable bonds is 7. The van der Waals surface area contributed by atoms with Crippen LogP contribution in [0.3, 0.4) is 0 Å². The summed E-state index contributed by atoms with van der Waals surface area (Å²) in [6.07, 6.45) is -0.455. The molecule has 0 bridgehead atoms. The van der Waals surface area contributed by atoms with E-state index >= 15 is 0 Å². The SMILES string of the molecule is O=C(CNC(=O)c1cccc(C(F)(F)F)c1)NC1CN([C@H]2CC[C@@H](Oc3nsc4ccccc34)CC2)C1. The largest absolute Gasteiger partial charge is 0.473 e. The fraction of sp³-hybridized carbons (Fsp3) is 0.423. The predicted molar refractivity (Wildman–Crippen MR) is 134 cm³/mol. The third-order valence-corrected chi connectivity index (χ3v) is 7.73. The van der Waals surface area contributed by atoms with Crippen molar-refractivity contribution >= 4 is 33.4 Å². The van der Waals surface area contributed by atoms with Crippen molar-refractivity contribution in [2.75, 3.05) is 19.6 Å². The Labute approximate surface area is 216 Å². The summed E-state index contributed by atoms with van der Waals surface area (Å²) in [5, 5.41) is 6.32. The van der Waals surface area contributed by atoms with Crippen molar-refractivity contribution in [2.24, 2.45) is 0 Å². The van der Waals surface area contributed by atoms with Gasteiger partial charge in [-0.1, -0.05) is 18.2 Å². The maximum absolute atomic E-state index is 12.8. The molecule has 7 nitrogen and oxygen atoms in total. The van der Waals surface area contributed by atoms with E-state index in [4.69, 9.17) is 4.74 Å². The van der Waals surface area contributed by atoms with Gasteiger partial charge < -0.3 is 15.4 Å². The van der Waals surface area contributed by atoms with Crippen molar-refractivity contribution in [1.29, 1.82) is 0 Å². The molecule has 196 valence electrons. The number of nitrogens with zero attached hydrogens (tertiary/aromatic N) is 2. The van der Waals surface area contributed by atoms with Crippen molar-refractivity contribution < 1.29 is 27.5 Å². The number of hydrogen-bond acceptors (Lipinski definition) is 6. The van der Waals surface area contributed by atoms with Gasteiger partial charge in [-0.15, -0.1) is 0 Å². The highest BCUT2D eigenvalue weighted by Crippen LogP contribution is 2.33. The number of halogens is 3. The molecule has 2 amide bonds. The predicted octanol–water partition coefficient (Wildman–Crippen LogP) is 4.24. The second-order valence-corrected chi connectivity index (χ2v) is 10.3. The summed E-state index contributed by atoms with van der Waals surface area (Å²) in [6, 6.07) is 12.6. The van der Waals surface area contributed by atoms with Crippen LogP contribution in [0.1, 0.15) is 41.6 Å². The van der Waals surface area contributed by atoms with Gasteiger partial charge in [0.15, 0.2) is 0 Å². The van der Waals surface area contributed by atoms with E-state index in [2.05, 4.69) is 19.9 Å². The van der Waals surface area contributed by atoms with Gasteiger partial charge in [-0.3, -0.25) is 14.5 Å². The number of amides is 2. The fourth-order valence-electron chi connectivity index (χ4n) is 4.91. The molecular formula is C26H27F3N4O3S. The highest BCUT2D eigenvalue weighted by molar-refractivity contribution is 7.13. The smallest absolute Gasteiger partial charge is 0.416 e. The molecule has 1 aliphatic heterocycles. The molecule has 37 heavy (non-hydrogen) atoms. The van der Waals surface area contributed by atoms with E-state index in [1.165, 1.54) is 23.7 Å². The van der Waals surface area contributed by atoms with Crippen LogP contribution < -0.4 is 15.4 Å². The molecule has 2 N–H and O–H groups in total. The van der Waals surface area contributed by atoms with E-state index in [1.807, 2.05) is 24.3 Å². The summed E-state index contributed by atoms with van der Waals surface area (Å²) in [5.74, 6) is -0.366. The zero-order chi connectivity index (χ0) is 26.0. The number of carbonyl (C=O) groups excluding carboxylic acids is 2. The molecule has 1 aliphatic carbocycles. The maximum atomic E-state index is 12.8. The summed E-state index contributed by atoms with van der Waals surface area (Å²) in [7, 11) is 0. The Kier molecular flexibility index (Phi) is 7.34. The fourth-order valence-corrected chi connectivity index (χ4v) is 5.63. The Morgan fingerprint density at radius 1 is 1.05 bits per heavy atom. The Bertz CT molecular complexity index is 1270. The number of ether oxygens (including phenoxy) is 1. The highest BCUT2D eigenvalue weighted by atomic mass is 32.1. The standard InChI is InChI=1S/C26H27F3N4O3S/c27-26(28,29)17-5-3-4-16(12-17)24(35)30-13-23(34)31-18-14-33(15-18)19-8-10-20(11-9-19)36-25-21-6-1-2-7-22(21)37-32-25/h1-7,12,18-20H,8-11,13-15H2,(H,30,35)(H,31,34)/t19-,20+. The first-order valence-electron chi connectivity index (χ1n) is 12.3. The van der Waals surface area contributed by atoms with Crippen LogP contribution in [0.5, 0.6) is 5.88 Å². The molecule has 1 saturated heterocycles. The van der Waals surface area contributed by atoms with Gasteiger partial charge in [0.1, 0.15) is 6.10 Å². The van der Waals surface area contributed by atoms with Crippen LogP contribution in [-0.4, -0.2) is 58.9 Å². The van der Waals surface area contributed by atoms with Crippen LogP contribution in [0.25, 0.3) is 10.1 Å². The molecule has 1 aromatic heterocycles. The lowest BCUT2D eigenvalue weighted by Crippen LogP contribution is -2.63. The lowest BCUT2D eigenvalue weighted by Gasteiger charge is -2.46. The molecule has 11 heteroatoms. The molecule has 5 rings (SSSR count). The number of carbonyl (C=O) groups is 2. The minimum absolute atomic E-state index is 0.00620. The van der Waals surface area contributed by atoms with Gasteiger partial charge in [-0.2, -0.15) is 17.5 Å². The Hall–Kier alpha value is -3.18. The normalized spacial score (nSPS) is 20.8. The second-order valence-electron chi connectivity index (χ2n) is 9.51. The molecule has 0 radical (unpaired) electrons. The minimum Gasteiger partial charge on any atom is -0.473 e. The maximum Gasteiger partial charge on any atom is 0.416 e. The summed E-state index contributed by atoms with van der Waals surface area (Å²) >= 11 is 1.45. The monoisotopic (exact) mass is 532 g/mol. The van der Waals surface area contributed by atoms with Gasteiger partial charge in [0.05, 0.1) is 28.2 Å². The number of fused-ring (bicyclic) bond motifs is 1. The van der Waals surface area contributed by atoms with Crippen LogP contribution in [0.4, 0.5) is 13.2 Å². The molecule has 2 fully saturated rings. The number of nitrogens with one attached hydrogen (secondary N) is 2. The third kappa shape index (κ3) is 6.04. The Morgan fingerprint density at radius 2 is 1.81 bits per heavy atom. The van der Waals surface area contributed by atoms with Crippen LogP contribution >= 0.6 is 11.5 Å². The van der Waals surface area contributed by atoms with Gasteiger partial charge >= 0.3 is 6.18 Å². The van der Waals surface area contributed by atoms with E-state index in [9.17, 15) is 22.8 Å². The first-order chi connectivity index (χ1) is 17.8. The third-order valence-electron chi connectivity index (χ3n) is 6.92. The minimum atomic E-state index is -4.54. The summed E-state index contributed by atoms with van der Waals surface area (Å²) in [6.45, 7) is 1.18. The van der Waals surface area contributed by atoms with Crippen molar-refractivity contribution in [1.82, 2.24) is 19.9 Å². The molecule has 2 aliphatic rings. The zero-order valence-electron chi connectivity index (χ0n) is 20.0. The number of likely N-dealkylation sites (tertiary alicyclic amines) is 1.